The van der Waals surface area contributed by atoms with E-state index in [-0.39, 0.29) is 16.7 Å². The first kappa shape index (κ1) is 23.6. The van der Waals surface area contributed by atoms with Gasteiger partial charge in [0.1, 0.15) is 11.8 Å². The van der Waals surface area contributed by atoms with Crippen LogP contribution >= 0.6 is 0 Å². The van der Waals surface area contributed by atoms with Crippen molar-refractivity contribution in [2.75, 3.05) is 43.3 Å². The van der Waals surface area contributed by atoms with E-state index in [2.05, 4.69) is 10.6 Å². The molecular formula is C22H28N4O5S. The molecule has 0 bridgehead atoms. The molecule has 0 aromatic heterocycles. The highest BCUT2D eigenvalue weighted by atomic mass is 32.2. The van der Waals surface area contributed by atoms with Gasteiger partial charge in [0.15, 0.2) is 0 Å². The second-order valence-electron chi connectivity index (χ2n) is 7.71. The molecule has 172 valence electrons. The monoisotopic (exact) mass is 460 g/mol. The van der Waals surface area contributed by atoms with Crippen molar-refractivity contribution >= 4 is 38.9 Å². The number of ether oxygens (including phenoxy) is 1. The van der Waals surface area contributed by atoms with Gasteiger partial charge in [0.25, 0.3) is 0 Å². The Morgan fingerprint density at radius 3 is 2.53 bits per heavy atom. The average molecular weight is 461 g/mol. The van der Waals surface area contributed by atoms with Gasteiger partial charge in [-0.1, -0.05) is 6.07 Å². The quantitative estimate of drug-likeness (QED) is 0.627. The number of rotatable bonds is 8. The van der Waals surface area contributed by atoms with Crippen molar-refractivity contribution in [2.24, 2.45) is 0 Å². The Hall–Kier alpha value is -3.11. The third kappa shape index (κ3) is 5.03. The molecule has 1 fully saturated rings. The molecule has 0 aliphatic carbocycles. The van der Waals surface area contributed by atoms with Crippen LogP contribution in [0.3, 0.4) is 0 Å². The molecule has 0 saturated carbocycles. The summed E-state index contributed by atoms with van der Waals surface area (Å²) in [7, 11) is 0.834. The Balaban J connectivity index is 1.70. The molecule has 1 heterocycles. The number of benzene rings is 2. The van der Waals surface area contributed by atoms with Crippen LogP contribution < -0.4 is 20.3 Å². The number of sulfonamides is 1. The molecule has 1 aliphatic rings. The van der Waals surface area contributed by atoms with Gasteiger partial charge >= 0.3 is 0 Å². The van der Waals surface area contributed by atoms with E-state index in [1.807, 2.05) is 0 Å². The van der Waals surface area contributed by atoms with Crippen molar-refractivity contribution in [1.29, 1.82) is 0 Å². The number of amides is 2. The molecule has 1 atom stereocenters. The third-order valence-electron chi connectivity index (χ3n) is 5.20. The number of anilines is 3. The van der Waals surface area contributed by atoms with Crippen molar-refractivity contribution in [3.05, 3.63) is 42.5 Å². The van der Waals surface area contributed by atoms with Gasteiger partial charge in [0.2, 0.25) is 21.8 Å². The molecule has 1 aliphatic heterocycles. The molecule has 3 rings (SSSR count). The predicted octanol–water partition coefficient (Wildman–Crippen LogP) is 2.51. The van der Waals surface area contributed by atoms with Gasteiger partial charge in [-0.05, 0) is 43.7 Å². The highest BCUT2D eigenvalue weighted by Gasteiger charge is 2.25. The lowest BCUT2D eigenvalue weighted by Crippen LogP contribution is -2.32. The zero-order valence-corrected chi connectivity index (χ0v) is 19.4. The van der Waals surface area contributed by atoms with E-state index < -0.39 is 16.1 Å². The number of carbonyl (C=O) groups is 2. The fourth-order valence-corrected chi connectivity index (χ4v) is 4.35. The van der Waals surface area contributed by atoms with E-state index in [1.165, 1.54) is 33.3 Å². The van der Waals surface area contributed by atoms with Gasteiger partial charge in [-0.2, -0.15) is 0 Å². The van der Waals surface area contributed by atoms with E-state index in [0.717, 1.165) is 10.7 Å². The lowest BCUT2D eigenvalue weighted by molar-refractivity contribution is -0.117. The molecule has 9 nitrogen and oxygen atoms in total. The summed E-state index contributed by atoms with van der Waals surface area (Å²) in [4.78, 5) is 26.5. The Morgan fingerprint density at radius 1 is 1.16 bits per heavy atom. The average Bonchev–Trinajstić information content (AvgIpc) is 3.19. The molecule has 10 heteroatoms. The number of nitrogens with zero attached hydrogens (tertiary/aromatic N) is 2. The van der Waals surface area contributed by atoms with Crippen molar-refractivity contribution in [2.45, 2.75) is 30.7 Å². The standard InChI is InChI=1S/C22H28N4O5S/c1-15(22(28)24-16-7-5-8-18(13-16)32(29,30)25(2)3)23-17-10-11-19(20(14-17)31-4)26-12-6-9-21(26)27/h5,7-8,10-11,13-15,23H,6,9,12H2,1-4H3,(H,24,28). The number of nitrogens with one attached hydrogen (secondary N) is 2. The number of methoxy groups -OCH3 is 1. The Labute approximate surface area is 188 Å². The summed E-state index contributed by atoms with van der Waals surface area (Å²) >= 11 is 0. The smallest absolute Gasteiger partial charge is 0.246 e. The van der Waals surface area contributed by atoms with Crippen molar-refractivity contribution in [3.8, 4) is 5.75 Å². The predicted molar refractivity (Wildman–Crippen MR) is 124 cm³/mol. The molecule has 2 amide bonds. The van der Waals surface area contributed by atoms with Gasteiger partial charge in [-0.15, -0.1) is 0 Å². The van der Waals surface area contributed by atoms with Crippen molar-refractivity contribution < 1.29 is 22.7 Å². The van der Waals surface area contributed by atoms with Crippen LogP contribution in [-0.2, 0) is 19.6 Å². The van der Waals surface area contributed by atoms with Crippen molar-refractivity contribution in [3.63, 3.8) is 0 Å². The maximum Gasteiger partial charge on any atom is 0.246 e. The SMILES string of the molecule is COc1cc(NC(C)C(=O)Nc2cccc(S(=O)(=O)N(C)C)c2)ccc1N1CCCC1=O. The normalized spacial score (nSPS) is 15.0. The third-order valence-corrected chi connectivity index (χ3v) is 7.01. The summed E-state index contributed by atoms with van der Waals surface area (Å²) in [6.07, 6.45) is 1.34. The van der Waals surface area contributed by atoms with Crippen LogP contribution in [0.2, 0.25) is 0 Å². The molecule has 0 spiro atoms. The lowest BCUT2D eigenvalue weighted by atomic mass is 10.2. The van der Waals surface area contributed by atoms with E-state index in [4.69, 9.17) is 4.74 Å². The van der Waals surface area contributed by atoms with E-state index in [0.29, 0.717) is 35.8 Å². The van der Waals surface area contributed by atoms with Gasteiger partial charge in [-0.3, -0.25) is 9.59 Å². The lowest BCUT2D eigenvalue weighted by Gasteiger charge is -2.21. The van der Waals surface area contributed by atoms with Crippen LogP contribution in [0, 0.1) is 0 Å². The van der Waals surface area contributed by atoms with Crippen molar-refractivity contribution in [1.82, 2.24) is 4.31 Å². The Bertz CT molecular complexity index is 1120. The molecule has 1 unspecified atom stereocenters. The van der Waals surface area contributed by atoms with E-state index in [9.17, 15) is 18.0 Å². The Kier molecular flexibility index (Phi) is 7.05. The topological polar surface area (TPSA) is 108 Å². The summed E-state index contributed by atoms with van der Waals surface area (Å²) in [5.74, 6) is 0.275. The molecule has 32 heavy (non-hydrogen) atoms. The maximum atomic E-state index is 12.7. The molecule has 0 radical (unpaired) electrons. The fraction of sp³-hybridized carbons (Fsp3) is 0.364. The Morgan fingerprint density at radius 2 is 1.91 bits per heavy atom. The fourth-order valence-electron chi connectivity index (χ4n) is 3.40. The van der Waals surface area contributed by atoms with Gasteiger partial charge in [-0.25, -0.2) is 12.7 Å². The number of carbonyl (C=O) groups excluding carboxylic acids is 2. The zero-order chi connectivity index (χ0) is 23.5. The first-order valence-electron chi connectivity index (χ1n) is 10.2. The zero-order valence-electron chi connectivity index (χ0n) is 18.6. The van der Waals surface area contributed by atoms with Gasteiger partial charge < -0.3 is 20.3 Å². The van der Waals surface area contributed by atoms with E-state index in [1.54, 1.807) is 42.2 Å². The van der Waals surface area contributed by atoms with Crippen LogP contribution in [-0.4, -0.2) is 58.3 Å². The summed E-state index contributed by atoms with van der Waals surface area (Å²) in [6.45, 7) is 2.35. The minimum absolute atomic E-state index is 0.0651. The van der Waals surface area contributed by atoms with Crippen LogP contribution in [0.25, 0.3) is 0 Å². The molecule has 2 aromatic carbocycles. The highest BCUT2D eigenvalue weighted by Crippen LogP contribution is 2.34. The first-order valence-corrected chi connectivity index (χ1v) is 11.7. The first-order chi connectivity index (χ1) is 15.1. The number of hydrogen-bond donors (Lipinski definition) is 2. The minimum atomic E-state index is -3.60. The second-order valence-corrected chi connectivity index (χ2v) is 9.86. The van der Waals surface area contributed by atoms with Crippen LogP contribution in [0.1, 0.15) is 19.8 Å². The van der Waals surface area contributed by atoms with Gasteiger partial charge in [0, 0.05) is 44.5 Å². The second kappa shape index (κ2) is 9.58. The summed E-state index contributed by atoms with van der Waals surface area (Å²) in [5, 5.41) is 5.84. The maximum absolute atomic E-state index is 12.7. The summed E-state index contributed by atoms with van der Waals surface area (Å²) in [6, 6.07) is 10.8. The summed E-state index contributed by atoms with van der Waals surface area (Å²) < 4.78 is 31.2. The number of hydrogen-bond acceptors (Lipinski definition) is 6. The molecule has 2 aromatic rings. The van der Waals surface area contributed by atoms with E-state index >= 15 is 0 Å². The molecular weight excluding hydrogens is 432 g/mol. The van der Waals surface area contributed by atoms with Gasteiger partial charge in [0.05, 0.1) is 17.7 Å². The van der Waals surface area contributed by atoms with Crippen LogP contribution in [0.15, 0.2) is 47.4 Å². The largest absolute Gasteiger partial charge is 0.494 e. The van der Waals surface area contributed by atoms with Crippen LogP contribution in [0.5, 0.6) is 5.75 Å². The van der Waals surface area contributed by atoms with Crippen LogP contribution in [0.4, 0.5) is 17.1 Å². The minimum Gasteiger partial charge on any atom is -0.494 e. The molecule has 1 saturated heterocycles. The highest BCUT2D eigenvalue weighted by molar-refractivity contribution is 7.89. The summed E-state index contributed by atoms with van der Waals surface area (Å²) in [5.41, 5.74) is 1.74. The molecule has 2 N–H and O–H groups in total.